The zero-order chi connectivity index (χ0) is 18.7. The lowest BCUT2D eigenvalue weighted by Gasteiger charge is -2.11. The second-order valence-corrected chi connectivity index (χ2v) is 6.31. The van der Waals surface area contributed by atoms with Crippen LogP contribution in [0.4, 0.5) is 5.69 Å². The highest BCUT2D eigenvalue weighted by Gasteiger charge is 2.10. The minimum atomic E-state index is -0.175. The summed E-state index contributed by atoms with van der Waals surface area (Å²) in [5.74, 6) is 1.05. The van der Waals surface area contributed by atoms with E-state index in [2.05, 4.69) is 15.0 Å². The molecule has 0 unspecified atom stereocenters. The third-order valence-corrected chi connectivity index (χ3v) is 4.48. The lowest BCUT2D eigenvalue weighted by molar-refractivity contribution is 0.482. The van der Waals surface area contributed by atoms with Crippen LogP contribution in [0.2, 0.25) is 5.02 Å². The van der Waals surface area contributed by atoms with E-state index in [-0.39, 0.29) is 5.56 Å². The van der Waals surface area contributed by atoms with Gasteiger partial charge in [-0.2, -0.15) is 5.10 Å². The van der Waals surface area contributed by atoms with Crippen molar-refractivity contribution in [2.45, 2.75) is 20.3 Å². The van der Waals surface area contributed by atoms with Crippen molar-refractivity contribution in [3.8, 4) is 11.5 Å². The van der Waals surface area contributed by atoms with E-state index in [1.807, 2.05) is 19.1 Å². The van der Waals surface area contributed by atoms with Gasteiger partial charge in [0, 0.05) is 12.0 Å². The Balaban J connectivity index is 1.89. The van der Waals surface area contributed by atoms with Gasteiger partial charge in [-0.05, 0) is 49.2 Å². The first-order valence-electron chi connectivity index (χ1n) is 7.96. The summed E-state index contributed by atoms with van der Waals surface area (Å²) < 4.78 is 5.85. The zero-order valence-corrected chi connectivity index (χ0v) is 15.1. The number of hydrogen-bond donors (Lipinski definition) is 1. The van der Waals surface area contributed by atoms with Crippen molar-refractivity contribution in [3.63, 3.8) is 0 Å². The number of nitrogens with one attached hydrogen (secondary N) is 1. The molecule has 0 fully saturated rings. The fraction of sp³-hybridized carbons (Fsp3) is 0.150. The number of nitrogens with zero attached hydrogens (tertiary/aromatic N) is 2. The summed E-state index contributed by atoms with van der Waals surface area (Å²) in [6.45, 7) is 10.7. The number of aromatic nitrogens is 2. The predicted molar refractivity (Wildman–Crippen MR) is 101 cm³/mol. The molecule has 1 heterocycles. The fourth-order valence-electron chi connectivity index (χ4n) is 2.52. The first-order valence-corrected chi connectivity index (χ1v) is 8.34. The van der Waals surface area contributed by atoms with E-state index in [1.165, 1.54) is 0 Å². The summed E-state index contributed by atoms with van der Waals surface area (Å²) in [7, 11) is 0. The third-order valence-electron chi connectivity index (χ3n) is 4.17. The molecule has 0 radical (unpaired) electrons. The molecular weight excluding hydrogens is 350 g/mol. The Bertz CT molecular complexity index is 1070. The topological polar surface area (TPSA) is 59.3 Å². The molecule has 0 aliphatic rings. The van der Waals surface area contributed by atoms with Crippen LogP contribution >= 0.6 is 11.6 Å². The van der Waals surface area contributed by atoms with Crippen LogP contribution in [0.25, 0.3) is 4.85 Å². The Morgan fingerprint density at radius 1 is 1.19 bits per heavy atom. The summed E-state index contributed by atoms with van der Waals surface area (Å²) in [4.78, 5) is 15.0. The smallest absolute Gasteiger partial charge is 0.267 e. The molecule has 0 saturated heterocycles. The average Bonchev–Trinajstić information content (AvgIpc) is 2.65. The quantitative estimate of drug-likeness (QED) is 0.664. The van der Waals surface area contributed by atoms with Gasteiger partial charge in [-0.3, -0.25) is 4.79 Å². The highest BCUT2D eigenvalue weighted by atomic mass is 35.5. The zero-order valence-electron chi connectivity index (χ0n) is 14.3. The second kappa shape index (κ2) is 7.42. The molecular formula is C20H16ClN3O2. The molecule has 0 saturated carbocycles. The molecule has 0 amide bonds. The summed E-state index contributed by atoms with van der Waals surface area (Å²) in [6, 6.07) is 12.4. The Morgan fingerprint density at radius 2 is 2.00 bits per heavy atom. The molecule has 0 aliphatic heterocycles. The van der Waals surface area contributed by atoms with Gasteiger partial charge >= 0.3 is 0 Å². The maximum Gasteiger partial charge on any atom is 0.267 e. The minimum Gasteiger partial charge on any atom is -0.457 e. The third kappa shape index (κ3) is 3.76. The summed E-state index contributed by atoms with van der Waals surface area (Å²) in [6.07, 6.45) is 0.541. The maximum atomic E-state index is 11.6. The number of benzene rings is 2. The number of aromatic amines is 1. The van der Waals surface area contributed by atoms with Crippen molar-refractivity contribution >= 4 is 17.3 Å². The minimum absolute atomic E-state index is 0.175. The molecule has 6 heteroatoms. The van der Waals surface area contributed by atoms with Crippen LogP contribution in [-0.4, -0.2) is 10.2 Å². The SMILES string of the molecule is [C-]#[N+]c1cccc(Oc2cc(Cc3n[nH]c(=O)c(C)c3C)ccc2Cl)c1. The van der Waals surface area contributed by atoms with Crippen molar-refractivity contribution in [3.05, 3.63) is 91.6 Å². The van der Waals surface area contributed by atoms with E-state index in [0.29, 0.717) is 34.2 Å². The van der Waals surface area contributed by atoms with E-state index in [0.717, 1.165) is 16.8 Å². The molecule has 1 aromatic heterocycles. The van der Waals surface area contributed by atoms with Gasteiger partial charge in [0.15, 0.2) is 5.69 Å². The first kappa shape index (κ1) is 17.7. The molecule has 3 aromatic rings. The second-order valence-electron chi connectivity index (χ2n) is 5.90. The van der Waals surface area contributed by atoms with Gasteiger partial charge in [-0.25, -0.2) is 9.94 Å². The fourth-order valence-corrected chi connectivity index (χ4v) is 2.67. The van der Waals surface area contributed by atoms with Crippen molar-refractivity contribution in [1.82, 2.24) is 10.2 Å². The maximum absolute atomic E-state index is 11.6. The average molecular weight is 366 g/mol. The van der Waals surface area contributed by atoms with Gasteiger partial charge in [0.05, 0.1) is 17.3 Å². The van der Waals surface area contributed by atoms with Crippen molar-refractivity contribution in [2.75, 3.05) is 0 Å². The highest BCUT2D eigenvalue weighted by molar-refractivity contribution is 6.32. The lowest BCUT2D eigenvalue weighted by atomic mass is 10.0. The van der Waals surface area contributed by atoms with Crippen LogP contribution in [0.15, 0.2) is 47.3 Å². The molecule has 130 valence electrons. The largest absolute Gasteiger partial charge is 0.457 e. The van der Waals surface area contributed by atoms with Crippen LogP contribution in [0.5, 0.6) is 11.5 Å². The number of hydrogen-bond acceptors (Lipinski definition) is 3. The van der Waals surface area contributed by atoms with Gasteiger partial charge in [0.25, 0.3) is 5.56 Å². The lowest BCUT2D eigenvalue weighted by Crippen LogP contribution is -2.16. The summed E-state index contributed by atoms with van der Waals surface area (Å²) in [5.41, 5.74) is 3.61. The van der Waals surface area contributed by atoms with E-state index in [1.54, 1.807) is 37.3 Å². The van der Waals surface area contributed by atoms with Gasteiger partial charge in [0.1, 0.15) is 11.5 Å². The molecule has 0 bridgehead atoms. The van der Waals surface area contributed by atoms with Gasteiger partial charge in [-0.15, -0.1) is 0 Å². The Morgan fingerprint density at radius 3 is 2.77 bits per heavy atom. The number of halogens is 1. The Kier molecular flexibility index (Phi) is 5.06. The van der Waals surface area contributed by atoms with Gasteiger partial charge < -0.3 is 4.74 Å². The standard InChI is InChI=1S/C20H16ClN3O2/c1-12-13(2)20(25)24-23-18(12)9-14-7-8-17(21)19(10-14)26-16-6-4-5-15(11-16)22-3/h4-8,10-11H,9H2,1-2H3,(H,24,25). The summed E-state index contributed by atoms with van der Waals surface area (Å²) >= 11 is 6.25. The van der Waals surface area contributed by atoms with Gasteiger partial charge in [0.2, 0.25) is 0 Å². The monoisotopic (exact) mass is 365 g/mol. The molecule has 0 spiro atoms. The predicted octanol–water partition coefficient (Wildman–Crippen LogP) is 4.97. The number of H-pyrrole nitrogens is 1. The van der Waals surface area contributed by atoms with Crippen LogP contribution in [0.1, 0.15) is 22.4 Å². The Hall–Kier alpha value is -3.10. The van der Waals surface area contributed by atoms with Crippen molar-refractivity contribution < 1.29 is 4.74 Å². The molecule has 3 rings (SSSR count). The molecule has 0 atom stereocenters. The van der Waals surface area contributed by atoms with Crippen LogP contribution in [-0.2, 0) is 6.42 Å². The van der Waals surface area contributed by atoms with Crippen LogP contribution in [0.3, 0.4) is 0 Å². The molecule has 26 heavy (non-hydrogen) atoms. The van der Waals surface area contributed by atoms with Crippen molar-refractivity contribution in [2.24, 2.45) is 0 Å². The number of ether oxygens (including phenoxy) is 1. The first-order chi connectivity index (χ1) is 12.5. The molecule has 5 nitrogen and oxygen atoms in total. The van der Waals surface area contributed by atoms with E-state index in [9.17, 15) is 4.79 Å². The van der Waals surface area contributed by atoms with Crippen LogP contribution < -0.4 is 10.3 Å². The number of rotatable bonds is 4. The van der Waals surface area contributed by atoms with Crippen LogP contribution in [0, 0.1) is 20.4 Å². The molecule has 0 aliphatic carbocycles. The molecule has 2 aromatic carbocycles. The van der Waals surface area contributed by atoms with Crippen molar-refractivity contribution in [1.29, 1.82) is 0 Å². The van der Waals surface area contributed by atoms with E-state index >= 15 is 0 Å². The highest BCUT2D eigenvalue weighted by Crippen LogP contribution is 2.32. The van der Waals surface area contributed by atoms with Gasteiger partial charge in [-0.1, -0.05) is 29.8 Å². The van der Waals surface area contributed by atoms with E-state index < -0.39 is 0 Å². The summed E-state index contributed by atoms with van der Waals surface area (Å²) in [5, 5.41) is 7.14. The molecule has 1 N–H and O–H groups in total. The van der Waals surface area contributed by atoms with E-state index in [4.69, 9.17) is 22.9 Å². The Labute approximate surface area is 156 Å². The normalized spacial score (nSPS) is 10.4.